The van der Waals surface area contributed by atoms with Crippen LogP contribution in [-0.2, 0) is 14.2 Å². The summed E-state index contributed by atoms with van der Waals surface area (Å²) in [6, 6.07) is 0. The zero-order valence-electron chi connectivity index (χ0n) is 21.4. The van der Waals surface area contributed by atoms with Crippen LogP contribution in [0.3, 0.4) is 0 Å². The minimum atomic E-state index is -0.894. The van der Waals surface area contributed by atoms with Crippen LogP contribution in [0.1, 0.15) is 99.8 Å². The Morgan fingerprint density at radius 2 is 1.68 bits per heavy atom. The SMILES string of the molecule is CCC.CCCC1CCC(COC(C)CCC(C)/C(CC)=C(F)/C(F)=C(\C)OC)CO1. The summed E-state index contributed by atoms with van der Waals surface area (Å²) in [5, 5.41) is 0. The molecule has 0 spiro atoms. The average Bonchev–Trinajstić information content (AvgIpc) is 2.77. The molecule has 5 heteroatoms. The highest BCUT2D eigenvalue weighted by Crippen LogP contribution is 2.31. The Morgan fingerprint density at radius 1 is 1.03 bits per heavy atom. The van der Waals surface area contributed by atoms with Crippen molar-refractivity contribution >= 4 is 0 Å². The number of hydrogen-bond donors (Lipinski definition) is 0. The Balaban J connectivity index is 0.00000282. The minimum absolute atomic E-state index is 0.0248. The maximum absolute atomic E-state index is 14.5. The Hall–Kier alpha value is -0.940. The van der Waals surface area contributed by atoms with Crippen LogP contribution in [0.25, 0.3) is 0 Å². The van der Waals surface area contributed by atoms with E-state index in [0.29, 0.717) is 30.6 Å². The number of ether oxygens (including phenoxy) is 3. The number of halogens is 2. The summed E-state index contributed by atoms with van der Waals surface area (Å²) in [5.41, 5.74) is 0.503. The molecular weight excluding hydrogens is 398 g/mol. The molecule has 1 aliphatic rings. The van der Waals surface area contributed by atoms with Gasteiger partial charge in [0.15, 0.2) is 11.7 Å². The highest BCUT2D eigenvalue weighted by molar-refractivity contribution is 5.28. The highest BCUT2D eigenvalue weighted by atomic mass is 19.2. The third kappa shape index (κ3) is 12.0. The standard InChI is InChI=1S/C23H40F2O3.C3H8/c1-7-9-20-13-12-19(15-28-20)14-27-17(4)11-10-16(3)21(8-2)23(25)22(24)18(5)26-6;1-3-2/h16-17,19-20H,7-15H2,1-6H3;3H2,1-2H3/b22-18-,23-21-;. The lowest BCUT2D eigenvalue weighted by Gasteiger charge is -2.29. The maximum Gasteiger partial charge on any atom is 0.195 e. The molecule has 3 nitrogen and oxygen atoms in total. The number of rotatable bonds is 12. The van der Waals surface area contributed by atoms with Crippen molar-refractivity contribution in [1.29, 1.82) is 0 Å². The van der Waals surface area contributed by atoms with Crippen molar-refractivity contribution in [2.24, 2.45) is 11.8 Å². The van der Waals surface area contributed by atoms with Crippen molar-refractivity contribution < 1.29 is 23.0 Å². The van der Waals surface area contributed by atoms with Crippen LogP contribution in [0.15, 0.2) is 23.0 Å². The van der Waals surface area contributed by atoms with E-state index in [-0.39, 0.29) is 17.8 Å². The van der Waals surface area contributed by atoms with Crippen LogP contribution in [-0.4, -0.2) is 32.5 Å². The maximum atomic E-state index is 14.5. The highest BCUT2D eigenvalue weighted by Gasteiger charge is 2.23. The number of hydrogen-bond acceptors (Lipinski definition) is 3. The fraction of sp³-hybridized carbons (Fsp3) is 0.846. The van der Waals surface area contributed by atoms with E-state index in [1.807, 2.05) is 13.8 Å². The van der Waals surface area contributed by atoms with E-state index in [1.165, 1.54) is 26.9 Å². The normalized spacial score (nSPS) is 22.5. The smallest absolute Gasteiger partial charge is 0.195 e. The lowest BCUT2D eigenvalue weighted by molar-refractivity contribution is -0.0574. The summed E-state index contributed by atoms with van der Waals surface area (Å²) in [6.45, 7) is 15.2. The molecule has 4 unspecified atom stereocenters. The van der Waals surface area contributed by atoms with Gasteiger partial charge in [-0.15, -0.1) is 0 Å². The molecular formula is C26H48F2O3. The van der Waals surface area contributed by atoms with Gasteiger partial charge >= 0.3 is 0 Å². The largest absolute Gasteiger partial charge is 0.498 e. The molecule has 0 N–H and O–H groups in total. The predicted molar refractivity (Wildman–Crippen MR) is 126 cm³/mol. The van der Waals surface area contributed by atoms with Gasteiger partial charge in [0.25, 0.3) is 0 Å². The van der Waals surface area contributed by atoms with Crippen LogP contribution in [0.2, 0.25) is 0 Å². The first kappa shape index (κ1) is 30.1. The number of methoxy groups -OCH3 is 1. The summed E-state index contributed by atoms with van der Waals surface area (Å²) in [5.74, 6) is -1.27. The molecule has 0 saturated carbocycles. The van der Waals surface area contributed by atoms with Gasteiger partial charge in [-0.05, 0) is 63.9 Å². The van der Waals surface area contributed by atoms with Gasteiger partial charge in [0.05, 0.1) is 32.5 Å². The van der Waals surface area contributed by atoms with Crippen LogP contribution in [0.4, 0.5) is 8.78 Å². The second-order valence-electron chi connectivity index (χ2n) is 8.78. The van der Waals surface area contributed by atoms with Gasteiger partial charge in [0.1, 0.15) is 5.76 Å². The van der Waals surface area contributed by atoms with E-state index < -0.39 is 11.7 Å². The van der Waals surface area contributed by atoms with Gasteiger partial charge in [-0.1, -0.05) is 47.5 Å². The molecule has 1 heterocycles. The van der Waals surface area contributed by atoms with Crippen molar-refractivity contribution in [1.82, 2.24) is 0 Å². The van der Waals surface area contributed by atoms with Crippen LogP contribution in [0.5, 0.6) is 0 Å². The Morgan fingerprint density at radius 3 is 2.16 bits per heavy atom. The zero-order chi connectivity index (χ0) is 23.8. The minimum Gasteiger partial charge on any atom is -0.498 e. The second-order valence-corrected chi connectivity index (χ2v) is 8.78. The molecule has 1 aliphatic heterocycles. The molecule has 0 amide bonds. The predicted octanol–water partition coefficient (Wildman–Crippen LogP) is 8.30. The molecule has 0 bridgehead atoms. The second kappa shape index (κ2) is 17.6. The molecule has 0 aromatic rings. The average molecular weight is 447 g/mol. The Bertz CT molecular complexity index is 523. The number of allylic oxidation sites excluding steroid dienone is 4. The van der Waals surface area contributed by atoms with E-state index in [1.54, 1.807) is 0 Å². The summed E-state index contributed by atoms with van der Waals surface area (Å²) in [4.78, 5) is 0. The molecule has 1 rings (SSSR count). The Kier molecular flexibility index (Phi) is 17.1. The van der Waals surface area contributed by atoms with Gasteiger partial charge < -0.3 is 14.2 Å². The third-order valence-corrected chi connectivity index (χ3v) is 5.76. The van der Waals surface area contributed by atoms with E-state index in [0.717, 1.165) is 38.7 Å². The van der Waals surface area contributed by atoms with Crippen LogP contribution < -0.4 is 0 Å². The van der Waals surface area contributed by atoms with Crippen LogP contribution >= 0.6 is 0 Å². The first-order valence-corrected chi connectivity index (χ1v) is 12.3. The molecule has 1 saturated heterocycles. The molecule has 31 heavy (non-hydrogen) atoms. The topological polar surface area (TPSA) is 27.7 Å². The van der Waals surface area contributed by atoms with Crippen molar-refractivity contribution in [3.05, 3.63) is 23.0 Å². The summed E-state index contributed by atoms with van der Waals surface area (Å²) in [7, 11) is 1.34. The molecule has 0 aliphatic carbocycles. The quantitative estimate of drug-likeness (QED) is 0.223. The van der Waals surface area contributed by atoms with Crippen LogP contribution in [0, 0.1) is 11.8 Å². The van der Waals surface area contributed by atoms with Gasteiger partial charge in [0.2, 0.25) is 0 Å². The zero-order valence-corrected chi connectivity index (χ0v) is 21.4. The van der Waals surface area contributed by atoms with E-state index in [4.69, 9.17) is 14.2 Å². The van der Waals surface area contributed by atoms with Gasteiger partial charge in [-0.2, -0.15) is 0 Å². The fourth-order valence-corrected chi connectivity index (χ4v) is 3.69. The fourth-order valence-electron chi connectivity index (χ4n) is 3.69. The molecule has 4 atom stereocenters. The molecule has 184 valence electrons. The lowest BCUT2D eigenvalue weighted by Crippen LogP contribution is -2.29. The van der Waals surface area contributed by atoms with Gasteiger partial charge in [-0.3, -0.25) is 0 Å². The molecule has 1 fully saturated rings. The van der Waals surface area contributed by atoms with E-state index in [2.05, 4.69) is 27.7 Å². The molecule has 0 aromatic carbocycles. The van der Waals surface area contributed by atoms with Gasteiger partial charge in [0, 0.05) is 5.92 Å². The monoisotopic (exact) mass is 446 g/mol. The summed E-state index contributed by atoms with van der Waals surface area (Å²) >= 11 is 0. The first-order valence-electron chi connectivity index (χ1n) is 12.3. The summed E-state index contributed by atoms with van der Waals surface area (Å²) in [6.07, 6.45) is 8.42. The first-order chi connectivity index (χ1) is 14.7. The van der Waals surface area contributed by atoms with E-state index in [9.17, 15) is 8.78 Å². The van der Waals surface area contributed by atoms with Crippen molar-refractivity contribution in [2.75, 3.05) is 20.3 Å². The van der Waals surface area contributed by atoms with E-state index >= 15 is 0 Å². The molecule has 0 aromatic heterocycles. The lowest BCUT2D eigenvalue weighted by atomic mass is 9.91. The Labute approximate surface area is 190 Å². The third-order valence-electron chi connectivity index (χ3n) is 5.76. The van der Waals surface area contributed by atoms with Crippen molar-refractivity contribution in [2.45, 2.75) is 112 Å². The van der Waals surface area contributed by atoms with Gasteiger partial charge in [-0.25, -0.2) is 8.78 Å². The summed E-state index contributed by atoms with van der Waals surface area (Å²) < 4.78 is 45.3. The van der Waals surface area contributed by atoms with Crippen molar-refractivity contribution in [3.63, 3.8) is 0 Å². The van der Waals surface area contributed by atoms with Crippen molar-refractivity contribution in [3.8, 4) is 0 Å². The molecule has 0 radical (unpaired) electrons.